The van der Waals surface area contributed by atoms with Crippen molar-refractivity contribution in [1.82, 2.24) is 5.32 Å². The van der Waals surface area contributed by atoms with Gasteiger partial charge in [0.1, 0.15) is 5.69 Å². The van der Waals surface area contributed by atoms with Crippen LogP contribution in [0.5, 0.6) is 0 Å². The molecule has 0 saturated heterocycles. The monoisotopic (exact) mass is 281 g/mol. The first kappa shape index (κ1) is 15.9. The van der Waals surface area contributed by atoms with Crippen molar-refractivity contribution in [3.8, 4) is 0 Å². The van der Waals surface area contributed by atoms with Crippen molar-refractivity contribution < 1.29 is 14.8 Å². The minimum atomic E-state index is -0.512. The highest BCUT2D eigenvalue weighted by Gasteiger charge is 2.21. The van der Waals surface area contributed by atoms with E-state index in [-0.39, 0.29) is 23.8 Å². The van der Waals surface area contributed by atoms with Gasteiger partial charge in [0.25, 0.3) is 11.6 Å². The lowest BCUT2D eigenvalue weighted by Crippen LogP contribution is -2.28. The van der Waals surface area contributed by atoms with Crippen molar-refractivity contribution in [2.45, 2.75) is 13.3 Å². The predicted octanol–water partition coefficient (Wildman–Crippen LogP) is 1.16. The van der Waals surface area contributed by atoms with Crippen molar-refractivity contribution >= 4 is 17.3 Å². The summed E-state index contributed by atoms with van der Waals surface area (Å²) in [6.45, 7) is 2.78. The first-order valence-electron chi connectivity index (χ1n) is 6.41. The number of anilines is 1. The van der Waals surface area contributed by atoms with Gasteiger partial charge >= 0.3 is 0 Å². The van der Waals surface area contributed by atoms with E-state index < -0.39 is 4.92 Å². The molecule has 1 aromatic carbocycles. The molecule has 20 heavy (non-hydrogen) atoms. The number of nitro benzene ring substituents is 1. The summed E-state index contributed by atoms with van der Waals surface area (Å²) in [5, 5.41) is 22.7. The van der Waals surface area contributed by atoms with Gasteiger partial charge in [-0.2, -0.15) is 0 Å². The molecule has 2 N–H and O–H groups in total. The van der Waals surface area contributed by atoms with Crippen LogP contribution in [-0.4, -0.2) is 42.7 Å². The van der Waals surface area contributed by atoms with Crippen LogP contribution in [0.15, 0.2) is 18.2 Å². The number of nitro groups is 1. The fourth-order valence-electron chi connectivity index (χ4n) is 1.97. The van der Waals surface area contributed by atoms with Gasteiger partial charge in [0.2, 0.25) is 0 Å². The van der Waals surface area contributed by atoms with Crippen molar-refractivity contribution in [3.05, 3.63) is 33.9 Å². The fourth-order valence-corrected chi connectivity index (χ4v) is 1.97. The van der Waals surface area contributed by atoms with Crippen LogP contribution >= 0.6 is 0 Å². The van der Waals surface area contributed by atoms with E-state index in [0.29, 0.717) is 18.8 Å². The van der Waals surface area contributed by atoms with Gasteiger partial charge in [-0.05, 0) is 18.6 Å². The van der Waals surface area contributed by atoms with Crippen LogP contribution < -0.4 is 10.2 Å². The maximum Gasteiger partial charge on any atom is 0.293 e. The standard InChI is InChI=1S/C13H19N3O4/c1-3-6-15(7-8-17)11-5-4-10(13(18)14-2)9-12(11)16(19)20/h4-5,9,17H,3,6-8H2,1-2H3,(H,14,18). The van der Waals surface area contributed by atoms with Gasteiger partial charge in [-0.25, -0.2) is 0 Å². The largest absolute Gasteiger partial charge is 0.395 e. The minimum Gasteiger partial charge on any atom is -0.395 e. The Bertz CT molecular complexity index is 485. The van der Waals surface area contributed by atoms with Gasteiger partial charge in [-0.15, -0.1) is 0 Å². The van der Waals surface area contributed by atoms with E-state index >= 15 is 0 Å². The smallest absolute Gasteiger partial charge is 0.293 e. The minimum absolute atomic E-state index is 0.0889. The SMILES string of the molecule is CCCN(CCO)c1ccc(C(=O)NC)cc1[N+](=O)[O-]. The Hall–Kier alpha value is -2.15. The lowest BCUT2D eigenvalue weighted by atomic mass is 10.1. The van der Waals surface area contributed by atoms with E-state index in [2.05, 4.69) is 5.32 Å². The second-order valence-corrected chi connectivity index (χ2v) is 4.25. The van der Waals surface area contributed by atoms with Gasteiger partial charge in [0.15, 0.2) is 0 Å². The molecule has 1 aromatic rings. The zero-order valence-electron chi connectivity index (χ0n) is 11.6. The van der Waals surface area contributed by atoms with Crippen LogP contribution in [0, 0.1) is 10.1 Å². The van der Waals surface area contributed by atoms with E-state index in [1.807, 2.05) is 6.92 Å². The molecule has 0 fully saturated rings. The molecule has 0 atom stereocenters. The number of benzene rings is 1. The summed E-state index contributed by atoms with van der Waals surface area (Å²) in [6.07, 6.45) is 0.800. The average Bonchev–Trinajstić information content (AvgIpc) is 2.45. The number of nitrogens with zero attached hydrogens (tertiary/aromatic N) is 2. The van der Waals surface area contributed by atoms with E-state index in [1.54, 1.807) is 17.0 Å². The van der Waals surface area contributed by atoms with Crippen LogP contribution in [0.4, 0.5) is 11.4 Å². The second-order valence-electron chi connectivity index (χ2n) is 4.25. The summed E-state index contributed by atoms with van der Waals surface area (Å²) in [4.78, 5) is 23.9. The number of hydrogen-bond donors (Lipinski definition) is 2. The Labute approximate surface area is 117 Å². The molecule has 0 heterocycles. The highest BCUT2D eigenvalue weighted by atomic mass is 16.6. The Balaban J connectivity index is 3.24. The molecular formula is C13H19N3O4. The summed E-state index contributed by atoms with van der Waals surface area (Å²) < 4.78 is 0. The van der Waals surface area contributed by atoms with E-state index in [4.69, 9.17) is 5.11 Å². The summed E-state index contributed by atoms with van der Waals surface area (Å²) in [5.74, 6) is -0.371. The van der Waals surface area contributed by atoms with E-state index in [1.165, 1.54) is 13.1 Å². The zero-order valence-corrected chi connectivity index (χ0v) is 11.6. The Morgan fingerprint density at radius 1 is 1.45 bits per heavy atom. The summed E-state index contributed by atoms with van der Waals surface area (Å²) >= 11 is 0. The summed E-state index contributed by atoms with van der Waals surface area (Å²) in [7, 11) is 1.47. The Morgan fingerprint density at radius 3 is 2.65 bits per heavy atom. The number of aliphatic hydroxyl groups is 1. The Kier molecular flexibility index (Phi) is 5.92. The molecule has 0 saturated carbocycles. The molecular weight excluding hydrogens is 262 g/mol. The lowest BCUT2D eigenvalue weighted by Gasteiger charge is -2.23. The van der Waals surface area contributed by atoms with Gasteiger partial charge in [-0.1, -0.05) is 6.92 Å². The Morgan fingerprint density at radius 2 is 2.15 bits per heavy atom. The normalized spacial score (nSPS) is 10.2. The molecule has 0 aliphatic carbocycles. The maximum absolute atomic E-state index is 11.5. The fraction of sp³-hybridized carbons (Fsp3) is 0.462. The van der Waals surface area contributed by atoms with Gasteiger partial charge in [-0.3, -0.25) is 14.9 Å². The molecule has 7 nitrogen and oxygen atoms in total. The molecule has 0 spiro atoms. The first-order chi connectivity index (χ1) is 9.54. The molecule has 0 aliphatic rings. The average molecular weight is 281 g/mol. The number of nitrogens with one attached hydrogen (secondary N) is 1. The second kappa shape index (κ2) is 7.44. The zero-order chi connectivity index (χ0) is 15.1. The van der Waals surface area contributed by atoms with Gasteiger partial charge < -0.3 is 15.3 Å². The third-order valence-electron chi connectivity index (χ3n) is 2.87. The van der Waals surface area contributed by atoms with Crippen LogP contribution in [0.1, 0.15) is 23.7 Å². The summed E-state index contributed by atoms with van der Waals surface area (Å²) in [6, 6.07) is 4.35. The quantitative estimate of drug-likeness (QED) is 0.577. The third kappa shape index (κ3) is 3.67. The molecule has 7 heteroatoms. The number of amides is 1. The van der Waals surface area contributed by atoms with Gasteiger partial charge in [0.05, 0.1) is 11.5 Å². The van der Waals surface area contributed by atoms with E-state index in [9.17, 15) is 14.9 Å². The highest BCUT2D eigenvalue weighted by molar-refractivity contribution is 5.95. The van der Waals surface area contributed by atoms with Crippen molar-refractivity contribution in [2.24, 2.45) is 0 Å². The van der Waals surface area contributed by atoms with Crippen LogP contribution in [0.3, 0.4) is 0 Å². The maximum atomic E-state index is 11.5. The van der Waals surface area contributed by atoms with Crippen LogP contribution in [0.2, 0.25) is 0 Å². The molecule has 0 aliphatic heterocycles. The number of rotatable bonds is 7. The van der Waals surface area contributed by atoms with Crippen molar-refractivity contribution in [3.63, 3.8) is 0 Å². The first-order valence-corrected chi connectivity index (χ1v) is 6.41. The third-order valence-corrected chi connectivity index (χ3v) is 2.87. The number of hydrogen-bond acceptors (Lipinski definition) is 5. The van der Waals surface area contributed by atoms with Crippen molar-refractivity contribution in [1.29, 1.82) is 0 Å². The number of aliphatic hydroxyl groups excluding tert-OH is 1. The molecule has 0 aromatic heterocycles. The molecule has 0 unspecified atom stereocenters. The molecule has 1 rings (SSSR count). The van der Waals surface area contributed by atoms with Gasteiger partial charge in [0, 0.05) is 31.8 Å². The van der Waals surface area contributed by atoms with Crippen molar-refractivity contribution in [2.75, 3.05) is 31.6 Å². The molecule has 1 amide bonds. The molecule has 0 radical (unpaired) electrons. The van der Waals surface area contributed by atoms with Crippen LogP contribution in [0.25, 0.3) is 0 Å². The molecule has 0 bridgehead atoms. The topological polar surface area (TPSA) is 95.7 Å². The number of carbonyl (C=O) groups is 1. The van der Waals surface area contributed by atoms with E-state index in [0.717, 1.165) is 6.42 Å². The highest BCUT2D eigenvalue weighted by Crippen LogP contribution is 2.29. The lowest BCUT2D eigenvalue weighted by molar-refractivity contribution is -0.384. The summed E-state index contributed by atoms with van der Waals surface area (Å²) in [5.41, 5.74) is 0.523. The van der Waals surface area contributed by atoms with Crippen LogP contribution in [-0.2, 0) is 0 Å². The number of carbonyl (C=O) groups excluding carboxylic acids is 1. The molecule has 110 valence electrons. The predicted molar refractivity (Wildman–Crippen MR) is 76.1 cm³/mol.